The largest absolute Gasteiger partial charge is 0.481 e. The highest BCUT2D eigenvalue weighted by molar-refractivity contribution is 5.77. The standard InChI is InChI=1S/C15H13N3O2/c1-20-15-11(3-2-6-17-15)10-18-8-5-14(19)12-4-7-16-9-13(12)18/h2-9H,10H2,1H3. The summed E-state index contributed by atoms with van der Waals surface area (Å²) in [6.07, 6.45) is 6.77. The van der Waals surface area contributed by atoms with Crippen LogP contribution in [0.1, 0.15) is 5.56 Å². The molecule has 0 bridgehead atoms. The normalized spacial score (nSPS) is 10.7. The number of hydrogen-bond donors (Lipinski definition) is 0. The Morgan fingerprint density at radius 3 is 3.00 bits per heavy atom. The Labute approximate surface area is 115 Å². The predicted molar refractivity (Wildman–Crippen MR) is 75.9 cm³/mol. The van der Waals surface area contributed by atoms with Crippen LogP contribution in [0, 0.1) is 0 Å². The molecule has 3 aromatic heterocycles. The Bertz CT molecular complexity index is 811. The summed E-state index contributed by atoms with van der Waals surface area (Å²) in [4.78, 5) is 20.1. The van der Waals surface area contributed by atoms with E-state index in [1.165, 1.54) is 0 Å². The van der Waals surface area contributed by atoms with Gasteiger partial charge in [0.15, 0.2) is 5.43 Å². The third-order valence-corrected chi connectivity index (χ3v) is 3.16. The van der Waals surface area contributed by atoms with Crippen LogP contribution in [0.5, 0.6) is 5.88 Å². The molecule has 3 heterocycles. The van der Waals surface area contributed by atoms with Crippen molar-refractivity contribution >= 4 is 10.9 Å². The molecule has 0 fully saturated rings. The van der Waals surface area contributed by atoms with Gasteiger partial charge in [0.25, 0.3) is 0 Å². The van der Waals surface area contributed by atoms with Crippen LogP contribution in [0.15, 0.2) is 53.8 Å². The lowest BCUT2D eigenvalue weighted by molar-refractivity contribution is 0.391. The van der Waals surface area contributed by atoms with Crippen LogP contribution < -0.4 is 10.2 Å². The van der Waals surface area contributed by atoms with Crippen LogP contribution in [-0.2, 0) is 6.54 Å². The minimum atomic E-state index is -0.00296. The molecule has 0 spiro atoms. The first kappa shape index (κ1) is 12.3. The van der Waals surface area contributed by atoms with E-state index in [9.17, 15) is 4.79 Å². The maximum Gasteiger partial charge on any atom is 0.218 e. The molecule has 0 unspecified atom stereocenters. The SMILES string of the molecule is COc1ncccc1Cn1ccc(=O)c2ccncc21. The van der Waals surface area contributed by atoms with E-state index in [2.05, 4.69) is 9.97 Å². The molecule has 0 aliphatic heterocycles. The van der Waals surface area contributed by atoms with Crippen LogP contribution in [-0.4, -0.2) is 21.6 Å². The number of rotatable bonds is 3. The third-order valence-electron chi connectivity index (χ3n) is 3.16. The summed E-state index contributed by atoms with van der Waals surface area (Å²) in [5, 5.41) is 0.658. The molecule has 0 amide bonds. The van der Waals surface area contributed by atoms with E-state index in [1.807, 2.05) is 16.7 Å². The predicted octanol–water partition coefficient (Wildman–Crippen LogP) is 1.85. The molecular weight excluding hydrogens is 254 g/mol. The molecule has 5 nitrogen and oxygen atoms in total. The Kier molecular flexibility index (Phi) is 3.16. The van der Waals surface area contributed by atoms with E-state index in [0.29, 0.717) is 17.8 Å². The fourth-order valence-electron chi connectivity index (χ4n) is 2.20. The Balaban J connectivity index is 2.12. The van der Waals surface area contributed by atoms with Gasteiger partial charge < -0.3 is 9.30 Å². The number of pyridine rings is 3. The second kappa shape index (κ2) is 5.13. The minimum Gasteiger partial charge on any atom is -0.481 e. The quantitative estimate of drug-likeness (QED) is 0.726. The van der Waals surface area contributed by atoms with Crippen molar-refractivity contribution in [2.75, 3.05) is 7.11 Å². The molecule has 0 saturated heterocycles. The van der Waals surface area contributed by atoms with Gasteiger partial charge in [0.2, 0.25) is 5.88 Å². The summed E-state index contributed by atoms with van der Waals surface area (Å²) in [6, 6.07) is 7.10. The second-order valence-electron chi connectivity index (χ2n) is 4.37. The number of methoxy groups -OCH3 is 1. The Morgan fingerprint density at radius 1 is 1.25 bits per heavy atom. The first-order chi connectivity index (χ1) is 9.79. The molecular formula is C15H13N3O2. The van der Waals surface area contributed by atoms with Crippen LogP contribution >= 0.6 is 0 Å². The van der Waals surface area contributed by atoms with E-state index >= 15 is 0 Å². The molecule has 0 aliphatic rings. The molecule has 3 aromatic rings. The zero-order valence-electron chi connectivity index (χ0n) is 11.0. The molecule has 0 atom stereocenters. The van der Waals surface area contributed by atoms with E-state index < -0.39 is 0 Å². The lowest BCUT2D eigenvalue weighted by atomic mass is 10.2. The van der Waals surface area contributed by atoms with Crippen molar-refractivity contribution in [2.24, 2.45) is 0 Å². The molecule has 0 aromatic carbocycles. The van der Waals surface area contributed by atoms with Gasteiger partial charge in [-0.25, -0.2) is 4.98 Å². The molecule has 5 heteroatoms. The molecule has 0 aliphatic carbocycles. The number of nitrogens with zero attached hydrogens (tertiary/aromatic N) is 3. The van der Waals surface area contributed by atoms with Gasteiger partial charge in [-0.1, -0.05) is 6.07 Å². The van der Waals surface area contributed by atoms with Crippen molar-refractivity contribution in [1.82, 2.24) is 14.5 Å². The fraction of sp³-hybridized carbons (Fsp3) is 0.133. The molecule has 0 saturated carbocycles. The summed E-state index contributed by atoms with van der Waals surface area (Å²) in [6.45, 7) is 0.569. The van der Waals surface area contributed by atoms with Gasteiger partial charge in [0, 0.05) is 35.6 Å². The van der Waals surface area contributed by atoms with Gasteiger partial charge in [-0.2, -0.15) is 0 Å². The summed E-state index contributed by atoms with van der Waals surface area (Å²) < 4.78 is 7.21. The molecule has 0 radical (unpaired) electrons. The number of fused-ring (bicyclic) bond motifs is 1. The van der Waals surface area contributed by atoms with Gasteiger partial charge >= 0.3 is 0 Å². The summed E-state index contributed by atoms with van der Waals surface area (Å²) in [5.41, 5.74) is 1.74. The Hall–Kier alpha value is -2.69. The first-order valence-corrected chi connectivity index (χ1v) is 6.20. The zero-order valence-corrected chi connectivity index (χ0v) is 11.0. The minimum absolute atomic E-state index is 0.00296. The molecule has 3 rings (SSSR count). The van der Waals surface area contributed by atoms with Crippen LogP contribution in [0.25, 0.3) is 10.9 Å². The highest BCUT2D eigenvalue weighted by atomic mass is 16.5. The number of ether oxygens (including phenoxy) is 1. The number of aromatic nitrogens is 3. The van der Waals surface area contributed by atoms with Crippen molar-refractivity contribution in [3.05, 3.63) is 64.8 Å². The summed E-state index contributed by atoms with van der Waals surface area (Å²) in [5.74, 6) is 0.586. The van der Waals surface area contributed by atoms with E-state index in [1.54, 1.807) is 44.0 Å². The highest BCUT2D eigenvalue weighted by Gasteiger charge is 2.07. The monoisotopic (exact) mass is 267 g/mol. The van der Waals surface area contributed by atoms with E-state index in [0.717, 1.165) is 11.1 Å². The highest BCUT2D eigenvalue weighted by Crippen LogP contribution is 2.17. The van der Waals surface area contributed by atoms with Crippen molar-refractivity contribution in [1.29, 1.82) is 0 Å². The maximum absolute atomic E-state index is 11.8. The third kappa shape index (κ3) is 2.14. The van der Waals surface area contributed by atoms with Crippen molar-refractivity contribution < 1.29 is 4.74 Å². The average Bonchev–Trinajstić information content (AvgIpc) is 2.51. The van der Waals surface area contributed by atoms with Crippen LogP contribution in [0.3, 0.4) is 0 Å². The van der Waals surface area contributed by atoms with Gasteiger partial charge in [0.05, 0.1) is 25.4 Å². The lowest BCUT2D eigenvalue weighted by Crippen LogP contribution is -2.10. The molecule has 20 heavy (non-hydrogen) atoms. The lowest BCUT2D eigenvalue weighted by Gasteiger charge is -2.12. The zero-order chi connectivity index (χ0) is 13.9. The topological polar surface area (TPSA) is 57.0 Å². The summed E-state index contributed by atoms with van der Waals surface area (Å²) in [7, 11) is 1.59. The molecule has 0 N–H and O–H groups in total. The second-order valence-corrected chi connectivity index (χ2v) is 4.37. The van der Waals surface area contributed by atoms with E-state index in [-0.39, 0.29) is 5.43 Å². The molecule has 100 valence electrons. The van der Waals surface area contributed by atoms with Gasteiger partial charge in [-0.05, 0) is 12.1 Å². The first-order valence-electron chi connectivity index (χ1n) is 6.20. The van der Waals surface area contributed by atoms with Gasteiger partial charge in [-0.3, -0.25) is 9.78 Å². The van der Waals surface area contributed by atoms with Crippen LogP contribution in [0.2, 0.25) is 0 Å². The van der Waals surface area contributed by atoms with Gasteiger partial charge in [-0.15, -0.1) is 0 Å². The van der Waals surface area contributed by atoms with Crippen molar-refractivity contribution in [3.8, 4) is 5.88 Å². The maximum atomic E-state index is 11.8. The van der Waals surface area contributed by atoms with Gasteiger partial charge in [0.1, 0.15) is 0 Å². The van der Waals surface area contributed by atoms with Crippen molar-refractivity contribution in [2.45, 2.75) is 6.54 Å². The summed E-state index contributed by atoms with van der Waals surface area (Å²) >= 11 is 0. The smallest absolute Gasteiger partial charge is 0.218 e. The fourth-order valence-corrected chi connectivity index (χ4v) is 2.20. The van der Waals surface area contributed by atoms with Crippen LogP contribution in [0.4, 0.5) is 0 Å². The number of hydrogen-bond acceptors (Lipinski definition) is 4. The van der Waals surface area contributed by atoms with E-state index in [4.69, 9.17) is 4.74 Å². The Morgan fingerprint density at radius 2 is 2.15 bits per heavy atom. The van der Waals surface area contributed by atoms with Crippen molar-refractivity contribution in [3.63, 3.8) is 0 Å². The average molecular weight is 267 g/mol.